The molecule has 4 atom stereocenters. The summed E-state index contributed by atoms with van der Waals surface area (Å²) in [5.41, 5.74) is 2.03. The average Bonchev–Trinajstić information content (AvgIpc) is 3.77. The van der Waals surface area contributed by atoms with Crippen LogP contribution in [0.15, 0.2) is 18.5 Å². The van der Waals surface area contributed by atoms with Crippen LogP contribution in [-0.4, -0.2) is 39.0 Å². The first kappa shape index (κ1) is 25.0. The molecule has 7 nitrogen and oxygen atoms in total. The molecule has 0 aromatic carbocycles. The van der Waals surface area contributed by atoms with Gasteiger partial charge in [-0.25, -0.2) is 18.3 Å². The number of halogens is 3. The van der Waals surface area contributed by atoms with E-state index >= 15 is 0 Å². The summed E-state index contributed by atoms with van der Waals surface area (Å²) in [4.78, 5) is 29.8. The van der Waals surface area contributed by atoms with Crippen LogP contribution in [0, 0.1) is 23.7 Å². The Morgan fingerprint density at radius 2 is 1.86 bits per heavy atom. The van der Waals surface area contributed by atoms with Crippen molar-refractivity contribution in [1.82, 2.24) is 25.2 Å². The van der Waals surface area contributed by atoms with Crippen molar-refractivity contribution >= 4 is 17.5 Å². The van der Waals surface area contributed by atoms with E-state index in [1.807, 2.05) is 13.0 Å². The highest BCUT2D eigenvalue weighted by atomic mass is 19.3. The summed E-state index contributed by atoms with van der Waals surface area (Å²) in [6.45, 7) is 1.44. The number of amides is 2. The van der Waals surface area contributed by atoms with E-state index in [2.05, 4.69) is 15.7 Å². The smallest absolute Gasteiger partial charge is 0.248 e. The van der Waals surface area contributed by atoms with Gasteiger partial charge in [0.25, 0.3) is 0 Å². The van der Waals surface area contributed by atoms with Gasteiger partial charge in [-0.05, 0) is 67.9 Å². The number of nitrogens with one attached hydrogen (secondary N) is 2. The second kappa shape index (κ2) is 10.0. The van der Waals surface area contributed by atoms with Crippen molar-refractivity contribution in [1.29, 1.82) is 0 Å². The maximum absolute atomic E-state index is 13.8. The minimum Gasteiger partial charge on any atom is -0.349 e. The second-order valence-electron chi connectivity index (χ2n) is 10.8. The number of aromatic nitrogens is 3. The zero-order valence-electron chi connectivity index (χ0n) is 20.6. The average molecular weight is 506 g/mol. The Balaban J connectivity index is 1.39. The lowest BCUT2D eigenvalue weighted by atomic mass is 9.81. The number of imidazole rings is 1. The number of carbonyl (C=O) groups excluding carboxylic acids is 2. The monoisotopic (exact) mass is 505 g/mol. The lowest BCUT2D eigenvalue weighted by Crippen LogP contribution is -2.38. The number of alkyl halides is 3. The zero-order chi connectivity index (χ0) is 25.4. The SMILES string of the molecule is CCCC(=O)N[C@@H](c1cnn2cc([C@@H](NC(=O)[C@@H]3C[C@H]3CF)C3CCC(F)(F)CC3)nc2c1)C1CC1. The lowest BCUT2D eigenvalue weighted by Gasteiger charge is -2.33. The molecule has 3 aliphatic carbocycles. The molecular formula is C26H34F3N5O2. The Labute approximate surface area is 208 Å². The molecule has 10 heteroatoms. The van der Waals surface area contributed by atoms with E-state index in [0.29, 0.717) is 30.1 Å². The number of hydrogen-bond acceptors (Lipinski definition) is 4. The Kier molecular flexibility index (Phi) is 6.96. The predicted molar refractivity (Wildman–Crippen MR) is 127 cm³/mol. The Hall–Kier alpha value is -2.65. The Morgan fingerprint density at radius 3 is 2.50 bits per heavy atom. The summed E-state index contributed by atoms with van der Waals surface area (Å²) in [7, 11) is 0. The summed E-state index contributed by atoms with van der Waals surface area (Å²) in [5, 5.41) is 10.7. The molecular weight excluding hydrogens is 471 g/mol. The van der Waals surface area contributed by atoms with Gasteiger partial charge in [-0.2, -0.15) is 5.10 Å². The first-order valence-electron chi connectivity index (χ1n) is 13.2. The topological polar surface area (TPSA) is 88.4 Å². The number of fused-ring (bicyclic) bond motifs is 1. The molecule has 2 aromatic heterocycles. The molecule has 0 radical (unpaired) electrons. The molecule has 0 aliphatic heterocycles. The van der Waals surface area contributed by atoms with Crippen LogP contribution in [0.5, 0.6) is 0 Å². The van der Waals surface area contributed by atoms with Gasteiger partial charge < -0.3 is 10.6 Å². The lowest BCUT2D eigenvalue weighted by molar-refractivity contribution is -0.124. The largest absolute Gasteiger partial charge is 0.349 e. The number of hydrogen-bond donors (Lipinski definition) is 2. The fraction of sp³-hybridized carbons (Fsp3) is 0.692. The third-order valence-corrected chi connectivity index (χ3v) is 7.91. The van der Waals surface area contributed by atoms with Gasteiger partial charge in [0.15, 0.2) is 5.65 Å². The molecule has 5 rings (SSSR count). The van der Waals surface area contributed by atoms with Crippen LogP contribution in [-0.2, 0) is 9.59 Å². The van der Waals surface area contributed by atoms with Crippen molar-refractivity contribution in [3.05, 3.63) is 29.7 Å². The molecule has 3 aliphatic rings. The summed E-state index contributed by atoms with van der Waals surface area (Å²) in [5.74, 6) is -3.34. The van der Waals surface area contributed by atoms with Crippen LogP contribution in [0.25, 0.3) is 5.65 Å². The normalized spacial score (nSPS) is 25.3. The number of nitrogens with zero attached hydrogens (tertiary/aromatic N) is 3. The molecule has 2 aromatic rings. The molecule has 2 amide bonds. The van der Waals surface area contributed by atoms with Crippen LogP contribution < -0.4 is 10.6 Å². The van der Waals surface area contributed by atoms with Gasteiger partial charge in [0, 0.05) is 25.2 Å². The van der Waals surface area contributed by atoms with E-state index in [0.717, 1.165) is 24.8 Å². The first-order chi connectivity index (χ1) is 17.3. The van der Waals surface area contributed by atoms with Crippen LogP contribution in [0.3, 0.4) is 0 Å². The van der Waals surface area contributed by atoms with E-state index in [1.54, 1.807) is 16.9 Å². The summed E-state index contributed by atoms with van der Waals surface area (Å²) in [6, 6.07) is 1.24. The number of carbonyl (C=O) groups is 2. The van der Waals surface area contributed by atoms with Crippen molar-refractivity contribution in [2.45, 2.75) is 82.7 Å². The van der Waals surface area contributed by atoms with Gasteiger partial charge in [-0.1, -0.05) is 6.92 Å². The predicted octanol–water partition coefficient (Wildman–Crippen LogP) is 4.69. The molecule has 0 saturated heterocycles. The summed E-state index contributed by atoms with van der Waals surface area (Å²) < 4.78 is 42.3. The molecule has 0 unspecified atom stereocenters. The van der Waals surface area contributed by atoms with Crippen LogP contribution in [0.1, 0.15) is 88.1 Å². The minimum absolute atomic E-state index is 0.0156. The maximum atomic E-state index is 13.8. The zero-order valence-corrected chi connectivity index (χ0v) is 20.6. The quantitative estimate of drug-likeness (QED) is 0.491. The molecule has 3 fully saturated rings. The standard InChI is InChI=1S/C26H34F3N5O2/c1-2-3-22(35)32-23(15-4-5-15)18-11-21-31-20(14-34(21)30-13-18)24(16-6-8-26(28,29)9-7-16)33-25(36)19-10-17(19)12-27/h11,13-17,19,23-24H,2-10,12H2,1H3,(H,32,35)(H,33,36)/t17-,19+,23+,24-/m0/s1. The van der Waals surface area contributed by atoms with E-state index in [9.17, 15) is 22.8 Å². The van der Waals surface area contributed by atoms with Gasteiger partial charge >= 0.3 is 0 Å². The molecule has 0 bridgehead atoms. The summed E-state index contributed by atoms with van der Waals surface area (Å²) in [6.07, 6.45) is 7.41. The van der Waals surface area contributed by atoms with Crippen molar-refractivity contribution in [2.24, 2.45) is 23.7 Å². The van der Waals surface area contributed by atoms with E-state index in [4.69, 9.17) is 4.98 Å². The van der Waals surface area contributed by atoms with Gasteiger partial charge in [-0.15, -0.1) is 0 Å². The Bertz CT molecular complexity index is 1110. The Morgan fingerprint density at radius 1 is 1.14 bits per heavy atom. The van der Waals surface area contributed by atoms with E-state index < -0.39 is 18.6 Å². The maximum Gasteiger partial charge on any atom is 0.248 e. The molecule has 196 valence electrons. The molecule has 0 spiro atoms. The van der Waals surface area contributed by atoms with Crippen molar-refractivity contribution in [3.8, 4) is 0 Å². The van der Waals surface area contributed by atoms with Crippen LogP contribution in [0.2, 0.25) is 0 Å². The van der Waals surface area contributed by atoms with Crippen molar-refractivity contribution in [3.63, 3.8) is 0 Å². The minimum atomic E-state index is -2.68. The van der Waals surface area contributed by atoms with Gasteiger partial charge in [0.2, 0.25) is 17.7 Å². The fourth-order valence-corrected chi connectivity index (χ4v) is 5.43. The third kappa shape index (κ3) is 5.52. The van der Waals surface area contributed by atoms with Crippen LogP contribution >= 0.6 is 0 Å². The summed E-state index contributed by atoms with van der Waals surface area (Å²) >= 11 is 0. The highest BCUT2D eigenvalue weighted by Crippen LogP contribution is 2.44. The number of rotatable bonds is 10. The molecule has 2 heterocycles. The second-order valence-corrected chi connectivity index (χ2v) is 10.8. The third-order valence-electron chi connectivity index (χ3n) is 7.91. The first-order valence-corrected chi connectivity index (χ1v) is 13.2. The van der Waals surface area contributed by atoms with Gasteiger partial charge in [0.05, 0.1) is 36.8 Å². The molecule has 2 N–H and O–H groups in total. The highest BCUT2D eigenvalue weighted by Gasteiger charge is 2.45. The van der Waals surface area contributed by atoms with E-state index in [-0.39, 0.29) is 61.3 Å². The van der Waals surface area contributed by atoms with Crippen molar-refractivity contribution in [2.75, 3.05) is 6.67 Å². The van der Waals surface area contributed by atoms with Gasteiger partial charge in [-0.3, -0.25) is 14.0 Å². The fourth-order valence-electron chi connectivity index (χ4n) is 5.43. The molecule has 3 saturated carbocycles. The van der Waals surface area contributed by atoms with Crippen LogP contribution in [0.4, 0.5) is 13.2 Å². The van der Waals surface area contributed by atoms with Gasteiger partial charge in [0.1, 0.15) is 0 Å². The highest BCUT2D eigenvalue weighted by molar-refractivity contribution is 5.82. The molecule has 36 heavy (non-hydrogen) atoms. The van der Waals surface area contributed by atoms with Crippen molar-refractivity contribution < 1.29 is 22.8 Å². The van der Waals surface area contributed by atoms with E-state index in [1.165, 1.54) is 0 Å².